The number of hydrogen-bond donors (Lipinski definition) is 2. The third kappa shape index (κ3) is 2.35. The fraction of sp³-hybridized carbons (Fsp3) is 0.316. The van der Waals surface area contributed by atoms with Crippen LogP contribution in [0.4, 0.5) is 5.82 Å². The normalized spacial score (nSPS) is 15.9. The van der Waals surface area contributed by atoms with E-state index < -0.39 is 0 Å². The van der Waals surface area contributed by atoms with Gasteiger partial charge in [0.1, 0.15) is 11.8 Å². The number of nitrogens with zero attached hydrogens (tertiary/aromatic N) is 5. The highest BCUT2D eigenvalue weighted by Gasteiger charge is 2.23. The van der Waals surface area contributed by atoms with Crippen molar-refractivity contribution in [1.29, 1.82) is 0 Å². The van der Waals surface area contributed by atoms with E-state index in [2.05, 4.69) is 44.8 Å². The summed E-state index contributed by atoms with van der Waals surface area (Å²) in [7, 11) is 1.94. The number of nitrogens with two attached hydrogens (primary N) is 1. The molecule has 1 fully saturated rings. The number of benzene rings is 1. The van der Waals surface area contributed by atoms with Crippen molar-refractivity contribution in [1.82, 2.24) is 29.7 Å². The Bertz CT molecular complexity index is 1100. The summed E-state index contributed by atoms with van der Waals surface area (Å²) in [5, 5.41) is 13.6. The summed E-state index contributed by atoms with van der Waals surface area (Å²) < 4.78 is 3.82. The van der Waals surface area contributed by atoms with Crippen molar-refractivity contribution in [3.8, 4) is 11.1 Å². The van der Waals surface area contributed by atoms with Crippen LogP contribution in [0.25, 0.3) is 27.5 Å². The van der Waals surface area contributed by atoms with E-state index in [0.717, 1.165) is 53.5 Å². The summed E-state index contributed by atoms with van der Waals surface area (Å²) in [6.45, 7) is 2.07. The average molecular weight is 347 g/mol. The molecular weight excluding hydrogens is 326 g/mol. The van der Waals surface area contributed by atoms with Crippen LogP contribution in [0, 0.1) is 0 Å². The van der Waals surface area contributed by atoms with Crippen LogP contribution < -0.4 is 11.1 Å². The van der Waals surface area contributed by atoms with Crippen LogP contribution in [-0.2, 0) is 7.05 Å². The fourth-order valence-corrected chi connectivity index (χ4v) is 4.03. The average Bonchev–Trinajstić information content (AvgIpc) is 3.22. The third-order valence-electron chi connectivity index (χ3n) is 5.30. The number of nitrogen functional groups attached to an aromatic ring is 1. The lowest BCUT2D eigenvalue weighted by Gasteiger charge is -2.22. The summed E-state index contributed by atoms with van der Waals surface area (Å²) in [4.78, 5) is 4.23. The maximum atomic E-state index is 6.25. The van der Waals surface area contributed by atoms with E-state index in [1.807, 2.05) is 22.4 Å². The van der Waals surface area contributed by atoms with Crippen molar-refractivity contribution in [2.45, 2.75) is 18.8 Å². The van der Waals surface area contributed by atoms with Crippen molar-refractivity contribution in [2.75, 3.05) is 18.8 Å². The molecule has 0 saturated carbocycles. The second-order valence-corrected chi connectivity index (χ2v) is 6.99. The zero-order valence-electron chi connectivity index (χ0n) is 14.7. The predicted octanol–water partition coefficient (Wildman–Crippen LogP) is 2.33. The van der Waals surface area contributed by atoms with Gasteiger partial charge in [0.2, 0.25) is 0 Å². The second-order valence-electron chi connectivity index (χ2n) is 6.99. The molecule has 3 aromatic heterocycles. The number of nitrogens with one attached hydrogen (secondary N) is 1. The fourth-order valence-electron chi connectivity index (χ4n) is 4.03. The molecule has 7 heteroatoms. The molecule has 26 heavy (non-hydrogen) atoms. The van der Waals surface area contributed by atoms with E-state index in [1.165, 1.54) is 5.69 Å². The first-order valence-electron chi connectivity index (χ1n) is 8.97. The van der Waals surface area contributed by atoms with E-state index in [0.29, 0.717) is 11.7 Å². The Kier molecular flexibility index (Phi) is 3.43. The summed E-state index contributed by atoms with van der Waals surface area (Å²) in [5.41, 5.74) is 11.5. The molecule has 1 aliphatic rings. The minimum atomic E-state index is 0.477. The summed E-state index contributed by atoms with van der Waals surface area (Å²) in [6.07, 6.45) is 5.77. The monoisotopic (exact) mass is 347 g/mol. The molecule has 7 nitrogen and oxygen atoms in total. The molecule has 5 rings (SSSR count). The molecule has 1 aliphatic heterocycles. The van der Waals surface area contributed by atoms with Gasteiger partial charge in [-0.25, -0.2) is 9.50 Å². The Morgan fingerprint density at radius 3 is 2.88 bits per heavy atom. The van der Waals surface area contributed by atoms with Gasteiger partial charge in [-0.1, -0.05) is 12.1 Å². The molecule has 0 radical (unpaired) electrons. The molecule has 0 spiro atoms. The van der Waals surface area contributed by atoms with Crippen LogP contribution in [0.5, 0.6) is 0 Å². The maximum Gasteiger partial charge on any atom is 0.151 e. The van der Waals surface area contributed by atoms with Crippen LogP contribution >= 0.6 is 0 Å². The molecule has 0 amide bonds. The quantitative estimate of drug-likeness (QED) is 0.581. The highest BCUT2D eigenvalue weighted by atomic mass is 15.3. The number of fused-ring (bicyclic) bond motifs is 2. The highest BCUT2D eigenvalue weighted by Crippen LogP contribution is 2.36. The van der Waals surface area contributed by atoms with Gasteiger partial charge in [0.15, 0.2) is 5.82 Å². The van der Waals surface area contributed by atoms with Crippen LogP contribution in [0.2, 0.25) is 0 Å². The number of piperidine rings is 1. The van der Waals surface area contributed by atoms with E-state index >= 15 is 0 Å². The molecule has 4 heterocycles. The van der Waals surface area contributed by atoms with Crippen LogP contribution in [0.15, 0.2) is 36.8 Å². The van der Waals surface area contributed by atoms with Crippen molar-refractivity contribution in [3.63, 3.8) is 0 Å². The Morgan fingerprint density at radius 1 is 1.19 bits per heavy atom. The van der Waals surface area contributed by atoms with Crippen molar-refractivity contribution in [3.05, 3.63) is 42.5 Å². The third-order valence-corrected chi connectivity index (χ3v) is 5.30. The minimum absolute atomic E-state index is 0.477. The largest absolute Gasteiger partial charge is 0.382 e. The second kappa shape index (κ2) is 5.81. The van der Waals surface area contributed by atoms with Gasteiger partial charge in [-0.2, -0.15) is 10.2 Å². The Balaban J connectivity index is 1.73. The lowest BCUT2D eigenvalue weighted by Crippen LogP contribution is -2.27. The molecule has 0 atom stereocenters. The van der Waals surface area contributed by atoms with Gasteiger partial charge in [0.25, 0.3) is 0 Å². The Labute approximate surface area is 150 Å². The first kappa shape index (κ1) is 15.3. The minimum Gasteiger partial charge on any atom is -0.382 e. The maximum absolute atomic E-state index is 6.25. The van der Waals surface area contributed by atoms with Gasteiger partial charge in [0, 0.05) is 35.8 Å². The van der Waals surface area contributed by atoms with Gasteiger partial charge in [-0.05, 0) is 43.6 Å². The van der Waals surface area contributed by atoms with Crippen molar-refractivity contribution in [2.24, 2.45) is 7.05 Å². The van der Waals surface area contributed by atoms with E-state index in [-0.39, 0.29) is 0 Å². The van der Waals surface area contributed by atoms with Crippen LogP contribution in [0.1, 0.15) is 24.5 Å². The zero-order chi connectivity index (χ0) is 17.7. The van der Waals surface area contributed by atoms with Gasteiger partial charge >= 0.3 is 0 Å². The number of aromatic nitrogens is 5. The van der Waals surface area contributed by atoms with Gasteiger partial charge in [-0.15, -0.1) is 0 Å². The summed E-state index contributed by atoms with van der Waals surface area (Å²) in [6, 6.07) is 8.58. The molecule has 0 bridgehead atoms. The zero-order valence-corrected chi connectivity index (χ0v) is 14.7. The summed E-state index contributed by atoms with van der Waals surface area (Å²) >= 11 is 0. The van der Waals surface area contributed by atoms with Crippen LogP contribution in [0.3, 0.4) is 0 Å². The SMILES string of the molecule is Cn1cc2ccc(-c3cc(C4CCNCC4)n4ncnc(N)c34)cc2n1. The van der Waals surface area contributed by atoms with E-state index in [9.17, 15) is 0 Å². The topological polar surface area (TPSA) is 86.1 Å². The first-order chi connectivity index (χ1) is 12.7. The molecule has 4 aromatic rings. The molecule has 0 aliphatic carbocycles. The van der Waals surface area contributed by atoms with E-state index in [1.54, 1.807) is 6.33 Å². The van der Waals surface area contributed by atoms with Gasteiger partial charge in [0.05, 0.1) is 5.52 Å². The lowest BCUT2D eigenvalue weighted by atomic mass is 9.94. The smallest absolute Gasteiger partial charge is 0.151 e. The molecule has 1 saturated heterocycles. The number of aryl methyl sites for hydroxylation is 1. The lowest BCUT2D eigenvalue weighted by molar-refractivity contribution is 0.448. The van der Waals surface area contributed by atoms with Crippen molar-refractivity contribution >= 4 is 22.2 Å². The Morgan fingerprint density at radius 2 is 2.04 bits per heavy atom. The van der Waals surface area contributed by atoms with Crippen molar-refractivity contribution < 1.29 is 0 Å². The molecule has 0 unspecified atom stereocenters. The molecular formula is C19H21N7. The first-order valence-corrected chi connectivity index (χ1v) is 8.97. The van der Waals surface area contributed by atoms with Crippen LogP contribution in [-0.4, -0.2) is 37.5 Å². The van der Waals surface area contributed by atoms with E-state index in [4.69, 9.17) is 5.73 Å². The molecule has 132 valence electrons. The molecule has 1 aromatic carbocycles. The van der Waals surface area contributed by atoms with Gasteiger partial charge < -0.3 is 11.1 Å². The number of rotatable bonds is 2. The number of hydrogen-bond acceptors (Lipinski definition) is 5. The molecule has 3 N–H and O–H groups in total. The number of anilines is 1. The standard InChI is InChI=1S/C19H21N7/c1-25-10-14-3-2-13(8-16(14)24-25)15-9-17(12-4-6-21-7-5-12)26-18(15)19(20)22-11-23-26/h2-3,8-12,21H,4-7H2,1H3,(H2,20,22,23). The Hall–Kier alpha value is -2.93. The van der Waals surface area contributed by atoms with Gasteiger partial charge in [-0.3, -0.25) is 4.68 Å². The highest BCUT2D eigenvalue weighted by molar-refractivity contribution is 5.92. The summed E-state index contributed by atoms with van der Waals surface area (Å²) in [5.74, 6) is 0.988. The predicted molar refractivity (Wildman–Crippen MR) is 102 cm³/mol.